The van der Waals surface area contributed by atoms with Crippen molar-refractivity contribution in [1.29, 1.82) is 0 Å². The summed E-state index contributed by atoms with van der Waals surface area (Å²) in [5.74, 6) is 0.00951. The van der Waals surface area contributed by atoms with Gasteiger partial charge in [-0.3, -0.25) is 14.2 Å². The SMILES string of the molecule is COc1ccc(NC(=O)Cn2cnc3ccc(F)cc3c2=O)c(OC)c1. The van der Waals surface area contributed by atoms with Crippen LogP contribution in [-0.4, -0.2) is 29.7 Å². The van der Waals surface area contributed by atoms with Crippen LogP contribution in [0.5, 0.6) is 11.5 Å². The number of benzene rings is 2. The number of aromatic nitrogens is 2. The van der Waals surface area contributed by atoms with Crippen molar-refractivity contribution in [3.63, 3.8) is 0 Å². The van der Waals surface area contributed by atoms with Gasteiger partial charge >= 0.3 is 0 Å². The van der Waals surface area contributed by atoms with Gasteiger partial charge in [0.2, 0.25) is 5.91 Å². The number of amides is 1. The minimum Gasteiger partial charge on any atom is -0.497 e. The summed E-state index contributed by atoms with van der Waals surface area (Å²) in [6, 6.07) is 8.67. The third kappa shape index (κ3) is 3.49. The number of hydrogen-bond acceptors (Lipinski definition) is 5. The molecule has 7 nitrogen and oxygen atoms in total. The fourth-order valence-electron chi connectivity index (χ4n) is 2.49. The molecule has 26 heavy (non-hydrogen) atoms. The fraction of sp³-hybridized carbons (Fsp3) is 0.167. The van der Waals surface area contributed by atoms with Crippen LogP contribution >= 0.6 is 0 Å². The molecular weight excluding hydrogens is 341 g/mol. The smallest absolute Gasteiger partial charge is 0.261 e. The number of rotatable bonds is 5. The molecule has 3 rings (SSSR count). The van der Waals surface area contributed by atoms with Crippen LogP contribution in [0.1, 0.15) is 0 Å². The zero-order chi connectivity index (χ0) is 18.7. The zero-order valence-corrected chi connectivity index (χ0v) is 14.2. The number of methoxy groups -OCH3 is 2. The molecule has 0 spiro atoms. The fourth-order valence-corrected chi connectivity index (χ4v) is 2.49. The van der Waals surface area contributed by atoms with E-state index in [0.717, 1.165) is 10.6 Å². The van der Waals surface area contributed by atoms with Gasteiger partial charge in [-0.25, -0.2) is 9.37 Å². The van der Waals surface area contributed by atoms with E-state index in [9.17, 15) is 14.0 Å². The lowest BCUT2D eigenvalue weighted by molar-refractivity contribution is -0.116. The van der Waals surface area contributed by atoms with E-state index in [1.807, 2.05) is 0 Å². The minimum absolute atomic E-state index is 0.113. The second-order valence-electron chi connectivity index (χ2n) is 5.45. The van der Waals surface area contributed by atoms with E-state index in [2.05, 4.69) is 10.3 Å². The number of nitrogens with zero attached hydrogens (tertiary/aromatic N) is 2. The lowest BCUT2D eigenvalue weighted by Crippen LogP contribution is -2.28. The van der Waals surface area contributed by atoms with Crippen molar-refractivity contribution in [3.8, 4) is 11.5 Å². The summed E-state index contributed by atoms with van der Waals surface area (Å²) in [5, 5.41) is 2.78. The molecular formula is C18H16FN3O4. The van der Waals surface area contributed by atoms with Crippen molar-refractivity contribution in [2.45, 2.75) is 6.54 Å². The van der Waals surface area contributed by atoms with E-state index in [-0.39, 0.29) is 11.9 Å². The third-order valence-corrected chi connectivity index (χ3v) is 3.78. The largest absolute Gasteiger partial charge is 0.497 e. The third-order valence-electron chi connectivity index (χ3n) is 3.78. The van der Waals surface area contributed by atoms with Gasteiger partial charge in [-0.15, -0.1) is 0 Å². The molecule has 0 radical (unpaired) electrons. The van der Waals surface area contributed by atoms with E-state index in [4.69, 9.17) is 9.47 Å². The molecule has 0 aliphatic rings. The first-order chi connectivity index (χ1) is 12.5. The number of anilines is 1. The Hall–Kier alpha value is -3.42. The van der Waals surface area contributed by atoms with Gasteiger partial charge in [-0.05, 0) is 30.3 Å². The number of fused-ring (bicyclic) bond motifs is 1. The van der Waals surface area contributed by atoms with E-state index >= 15 is 0 Å². The molecule has 0 unspecified atom stereocenters. The molecule has 3 aromatic rings. The van der Waals surface area contributed by atoms with E-state index in [1.54, 1.807) is 18.2 Å². The molecule has 1 heterocycles. The Morgan fingerprint density at radius 3 is 2.73 bits per heavy atom. The van der Waals surface area contributed by atoms with Crippen LogP contribution < -0.4 is 20.3 Å². The van der Waals surface area contributed by atoms with Gasteiger partial charge in [0.1, 0.15) is 23.9 Å². The average Bonchev–Trinajstić information content (AvgIpc) is 2.64. The zero-order valence-electron chi connectivity index (χ0n) is 14.2. The van der Waals surface area contributed by atoms with Crippen molar-refractivity contribution < 1.29 is 18.7 Å². The van der Waals surface area contributed by atoms with Crippen molar-refractivity contribution >= 4 is 22.5 Å². The summed E-state index contributed by atoms with van der Waals surface area (Å²) < 4.78 is 24.8. The van der Waals surface area contributed by atoms with Crippen molar-refractivity contribution in [1.82, 2.24) is 9.55 Å². The van der Waals surface area contributed by atoms with Gasteiger partial charge in [0.15, 0.2) is 0 Å². The Labute approximate surface area is 148 Å². The minimum atomic E-state index is -0.540. The molecule has 1 N–H and O–H groups in total. The highest BCUT2D eigenvalue weighted by Crippen LogP contribution is 2.28. The molecule has 8 heteroatoms. The molecule has 2 aromatic carbocycles. The van der Waals surface area contributed by atoms with Gasteiger partial charge in [0.05, 0.1) is 37.1 Å². The lowest BCUT2D eigenvalue weighted by atomic mass is 10.2. The predicted molar refractivity (Wildman–Crippen MR) is 94.1 cm³/mol. The molecule has 0 aliphatic heterocycles. The van der Waals surface area contributed by atoms with Crippen LogP contribution in [0.15, 0.2) is 47.5 Å². The highest BCUT2D eigenvalue weighted by Gasteiger charge is 2.12. The Morgan fingerprint density at radius 1 is 1.19 bits per heavy atom. The van der Waals surface area contributed by atoms with Gasteiger partial charge in [0.25, 0.3) is 5.56 Å². The molecule has 1 amide bonds. The maximum Gasteiger partial charge on any atom is 0.261 e. The highest BCUT2D eigenvalue weighted by molar-refractivity contribution is 5.92. The van der Waals surface area contributed by atoms with Crippen LogP contribution in [0, 0.1) is 5.82 Å². The summed E-state index contributed by atoms with van der Waals surface area (Å²) in [6.45, 7) is -0.270. The van der Waals surface area contributed by atoms with Crippen LogP contribution in [0.4, 0.5) is 10.1 Å². The predicted octanol–water partition coefficient (Wildman–Crippen LogP) is 2.19. The summed E-state index contributed by atoms with van der Waals surface area (Å²) in [7, 11) is 2.99. The number of halogens is 1. The number of ether oxygens (including phenoxy) is 2. The average molecular weight is 357 g/mol. The van der Waals surface area contributed by atoms with Crippen LogP contribution in [-0.2, 0) is 11.3 Å². The maximum atomic E-state index is 13.4. The van der Waals surface area contributed by atoms with Gasteiger partial charge in [-0.1, -0.05) is 0 Å². The molecule has 0 aliphatic carbocycles. The van der Waals surface area contributed by atoms with Crippen molar-refractivity contribution in [2.75, 3.05) is 19.5 Å². The topological polar surface area (TPSA) is 82.5 Å². The monoisotopic (exact) mass is 357 g/mol. The number of nitrogens with one attached hydrogen (secondary N) is 1. The maximum absolute atomic E-state index is 13.4. The standard InChI is InChI=1S/C18H16FN3O4/c1-25-12-4-6-15(16(8-12)26-2)21-17(23)9-22-10-20-14-5-3-11(19)7-13(14)18(22)24/h3-8,10H,9H2,1-2H3,(H,21,23). The first-order valence-electron chi connectivity index (χ1n) is 7.68. The Kier molecular flexibility index (Phi) is 4.83. The number of carbonyl (C=O) groups is 1. The summed E-state index contributed by atoms with van der Waals surface area (Å²) in [5.41, 5.74) is 0.308. The van der Waals surface area contributed by atoms with Crippen molar-refractivity contribution in [3.05, 3.63) is 58.9 Å². The van der Waals surface area contributed by atoms with E-state index < -0.39 is 17.3 Å². The van der Waals surface area contributed by atoms with Gasteiger partial charge in [-0.2, -0.15) is 0 Å². The highest BCUT2D eigenvalue weighted by atomic mass is 19.1. The summed E-state index contributed by atoms with van der Waals surface area (Å²) in [4.78, 5) is 28.8. The normalized spacial score (nSPS) is 10.6. The Bertz CT molecular complexity index is 1030. The van der Waals surface area contributed by atoms with Gasteiger partial charge < -0.3 is 14.8 Å². The molecule has 1 aromatic heterocycles. The molecule has 134 valence electrons. The Balaban J connectivity index is 1.84. The second-order valence-corrected chi connectivity index (χ2v) is 5.45. The molecule has 0 saturated carbocycles. The molecule has 0 fully saturated rings. The number of carbonyl (C=O) groups excluding carboxylic acids is 1. The first kappa shape index (κ1) is 17.4. The molecule has 0 saturated heterocycles. The van der Waals surface area contributed by atoms with Crippen molar-refractivity contribution in [2.24, 2.45) is 0 Å². The Morgan fingerprint density at radius 2 is 2.00 bits per heavy atom. The molecule has 0 bridgehead atoms. The van der Waals surface area contributed by atoms with E-state index in [0.29, 0.717) is 22.7 Å². The number of hydrogen-bond donors (Lipinski definition) is 1. The lowest BCUT2D eigenvalue weighted by Gasteiger charge is -2.12. The second kappa shape index (κ2) is 7.22. The summed E-state index contributed by atoms with van der Waals surface area (Å²) in [6.07, 6.45) is 1.26. The first-order valence-corrected chi connectivity index (χ1v) is 7.68. The molecule has 0 atom stereocenters. The van der Waals surface area contributed by atoms with Gasteiger partial charge in [0, 0.05) is 6.07 Å². The van der Waals surface area contributed by atoms with E-state index in [1.165, 1.54) is 32.7 Å². The van der Waals surface area contributed by atoms with Crippen LogP contribution in [0.25, 0.3) is 10.9 Å². The van der Waals surface area contributed by atoms with Crippen LogP contribution in [0.3, 0.4) is 0 Å². The quantitative estimate of drug-likeness (QED) is 0.757. The summed E-state index contributed by atoms with van der Waals surface area (Å²) >= 11 is 0. The van der Waals surface area contributed by atoms with Crippen LogP contribution in [0.2, 0.25) is 0 Å².